The van der Waals surface area contributed by atoms with Crippen LogP contribution in [-0.2, 0) is 18.3 Å². The van der Waals surface area contributed by atoms with Crippen LogP contribution in [0.5, 0.6) is 0 Å². The van der Waals surface area contributed by atoms with E-state index in [1.165, 1.54) is 7.05 Å². The average molecular weight is 337 g/mol. The second-order valence-corrected chi connectivity index (χ2v) is 6.02. The third-order valence-electron chi connectivity index (χ3n) is 4.26. The molecule has 0 aliphatic carbocycles. The van der Waals surface area contributed by atoms with E-state index in [4.69, 9.17) is 0 Å². The minimum absolute atomic E-state index is 0.207. The number of aromatic nitrogens is 2. The summed E-state index contributed by atoms with van der Waals surface area (Å²) in [5.41, 5.74) is 0.0624. The monoisotopic (exact) mass is 337 g/mol. The van der Waals surface area contributed by atoms with Crippen LogP contribution in [0, 0.1) is 0 Å². The molecule has 6 nitrogen and oxygen atoms in total. The zero-order valence-corrected chi connectivity index (χ0v) is 13.1. The Bertz CT molecular complexity index is 850. The number of amides is 1. The van der Waals surface area contributed by atoms with Crippen molar-refractivity contribution in [3.05, 3.63) is 40.3 Å². The van der Waals surface area contributed by atoms with Gasteiger partial charge in [-0.15, -0.1) is 0 Å². The van der Waals surface area contributed by atoms with E-state index in [0.717, 1.165) is 9.58 Å². The number of benzene rings is 1. The van der Waals surface area contributed by atoms with E-state index < -0.39 is 37.4 Å². The summed E-state index contributed by atoms with van der Waals surface area (Å²) in [7, 11) is 1.48. The maximum absolute atomic E-state index is 13.5. The Morgan fingerprint density at radius 1 is 1.38 bits per heavy atom. The van der Waals surface area contributed by atoms with Crippen LogP contribution in [0.4, 0.5) is 8.78 Å². The number of hydrogen-bond donors (Lipinski definition) is 1. The van der Waals surface area contributed by atoms with Crippen molar-refractivity contribution in [2.75, 3.05) is 13.2 Å². The molecule has 3 rings (SSSR count). The molecule has 2 heterocycles. The normalized spacial score (nSPS) is 19.8. The molecular formula is C16H17F2N3O3. The number of fused-ring (bicyclic) bond motifs is 1. The molecule has 0 saturated carbocycles. The van der Waals surface area contributed by atoms with Gasteiger partial charge < -0.3 is 10.0 Å². The lowest BCUT2D eigenvalue weighted by Crippen LogP contribution is -2.39. The Morgan fingerprint density at radius 2 is 2.04 bits per heavy atom. The quantitative estimate of drug-likeness (QED) is 0.895. The average Bonchev–Trinajstić information content (AvgIpc) is 2.87. The van der Waals surface area contributed by atoms with Gasteiger partial charge in [0, 0.05) is 18.9 Å². The molecule has 1 N–H and O–H groups in total. The van der Waals surface area contributed by atoms with Crippen molar-refractivity contribution < 1.29 is 18.7 Å². The smallest absolute Gasteiger partial charge is 0.274 e. The topological polar surface area (TPSA) is 75.4 Å². The number of halogens is 2. The van der Waals surface area contributed by atoms with Gasteiger partial charge in [0.1, 0.15) is 0 Å². The van der Waals surface area contributed by atoms with Gasteiger partial charge in [-0.3, -0.25) is 9.59 Å². The van der Waals surface area contributed by atoms with Gasteiger partial charge in [0.2, 0.25) is 5.91 Å². The van der Waals surface area contributed by atoms with Crippen molar-refractivity contribution in [1.82, 2.24) is 14.7 Å². The van der Waals surface area contributed by atoms with Gasteiger partial charge in [0.25, 0.3) is 11.5 Å². The summed E-state index contributed by atoms with van der Waals surface area (Å²) in [6, 6.07) is 5.84. The van der Waals surface area contributed by atoms with Crippen LogP contribution in [0.15, 0.2) is 29.1 Å². The molecule has 1 saturated heterocycles. The standard InChI is InChI=1S/C16H17F2N3O3/c1-20-15(24)12-5-3-2-4-11(12)13(19-20)6-14(23)21-9-16(17,18)7-10(21)8-22/h2-5,10,22H,6-9H2,1H3. The number of aliphatic hydroxyl groups is 1. The fourth-order valence-electron chi connectivity index (χ4n) is 3.10. The van der Waals surface area contributed by atoms with Gasteiger partial charge in [-0.2, -0.15) is 5.10 Å². The van der Waals surface area contributed by atoms with E-state index in [9.17, 15) is 23.5 Å². The zero-order chi connectivity index (χ0) is 17.5. The number of alkyl halides is 2. The molecule has 24 heavy (non-hydrogen) atoms. The van der Waals surface area contributed by atoms with Crippen LogP contribution in [0.3, 0.4) is 0 Å². The van der Waals surface area contributed by atoms with E-state index in [-0.39, 0.29) is 12.0 Å². The van der Waals surface area contributed by atoms with Crippen molar-refractivity contribution in [3.63, 3.8) is 0 Å². The van der Waals surface area contributed by atoms with Crippen LogP contribution in [0.2, 0.25) is 0 Å². The lowest BCUT2D eigenvalue weighted by molar-refractivity contribution is -0.133. The molecule has 1 atom stereocenters. The van der Waals surface area contributed by atoms with Crippen LogP contribution in [-0.4, -0.2) is 50.8 Å². The van der Waals surface area contributed by atoms with Crippen molar-refractivity contribution in [2.45, 2.75) is 24.8 Å². The highest BCUT2D eigenvalue weighted by Gasteiger charge is 2.46. The molecule has 1 aliphatic rings. The van der Waals surface area contributed by atoms with Gasteiger partial charge in [-0.1, -0.05) is 18.2 Å². The first-order valence-electron chi connectivity index (χ1n) is 7.55. The molecule has 1 amide bonds. The molecule has 1 aliphatic heterocycles. The summed E-state index contributed by atoms with van der Waals surface area (Å²) < 4.78 is 28.2. The van der Waals surface area contributed by atoms with Gasteiger partial charge in [-0.05, 0) is 6.07 Å². The maximum atomic E-state index is 13.5. The molecular weight excluding hydrogens is 320 g/mol. The Morgan fingerprint density at radius 3 is 2.71 bits per heavy atom. The minimum atomic E-state index is -3.00. The van der Waals surface area contributed by atoms with Crippen LogP contribution >= 0.6 is 0 Å². The van der Waals surface area contributed by atoms with E-state index in [2.05, 4.69) is 5.10 Å². The maximum Gasteiger partial charge on any atom is 0.274 e. The lowest BCUT2D eigenvalue weighted by atomic mass is 10.1. The predicted octanol–water partition coefficient (Wildman–Crippen LogP) is 0.704. The molecule has 1 aromatic carbocycles. The molecule has 0 radical (unpaired) electrons. The Kier molecular flexibility index (Phi) is 4.08. The van der Waals surface area contributed by atoms with Gasteiger partial charge in [-0.25, -0.2) is 13.5 Å². The van der Waals surface area contributed by atoms with Gasteiger partial charge in [0.05, 0.1) is 36.7 Å². The summed E-state index contributed by atoms with van der Waals surface area (Å²) in [4.78, 5) is 25.5. The lowest BCUT2D eigenvalue weighted by Gasteiger charge is -2.22. The van der Waals surface area contributed by atoms with E-state index >= 15 is 0 Å². The van der Waals surface area contributed by atoms with Crippen LogP contribution in [0.25, 0.3) is 10.8 Å². The molecule has 1 unspecified atom stereocenters. The van der Waals surface area contributed by atoms with Crippen molar-refractivity contribution in [2.24, 2.45) is 7.05 Å². The number of carbonyl (C=O) groups excluding carboxylic acids is 1. The summed E-state index contributed by atoms with van der Waals surface area (Å²) >= 11 is 0. The first-order valence-corrected chi connectivity index (χ1v) is 7.55. The van der Waals surface area contributed by atoms with Crippen LogP contribution < -0.4 is 5.56 Å². The SMILES string of the molecule is Cn1nc(CC(=O)N2CC(F)(F)CC2CO)c2ccccc2c1=O. The second-order valence-electron chi connectivity index (χ2n) is 6.02. The fourth-order valence-corrected chi connectivity index (χ4v) is 3.10. The third kappa shape index (κ3) is 2.89. The predicted molar refractivity (Wildman–Crippen MR) is 82.8 cm³/mol. The van der Waals surface area contributed by atoms with Gasteiger partial charge in [0.15, 0.2) is 0 Å². The zero-order valence-electron chi connectivity index (χ0n) is 13.1. The second kappa shape index (κ2) is 5.94. The highest BCUT2D eigenvalue weighted by Crippen LogP contribution is 2.32. The molecule has 8 heteroatoms. The molecule has 0 spiro atoms. The summed E-state index contributed by atoms with van der Waals surface area (Å²) in [6.45, 7) is -1.22. The Balaban J connectivity index is 1.94. The minimum Gasteiger partial charge on any atom is -0.394 e. The molecule has 128 valence electrons. The fraction of sp³-hybridized carbons (Fsp3) is 0.438. The summed E-state index contributed by atoms with van der Waals surface area (Å²) in [5.74, 6) is -3.54. The highest BCUT2D eigenvalue weighted by molar-refractivity contribution is 5.88. The summed E-state index contributed by atoms with van der Waals surface area (Å²) in [5, 5.41) is 14.3. The van der Waals surface area contributed by atoms with Crippen molar-refractivity contribution >= 4 is 16.7 Å². The van der Waals surface area contributed by atoms with E-state index in [1.54, 1.807) is 24.3 Å². The number of rotatable bonds is 3. The van der Waals surface area contributed by atoms with E-state index in [1.807, 2.05) is 0 Å². The molecule has 1 aromatic heterocycles. The van der Waals surface area contributed by atoms with Crippen molar-refractivity contribution in [3.8, 4) is 0 Å². The van der Waals surface area contributed by atoms with E-state index in [0.29, 0.717) is 16.5 Å². The summed E-state index contributed by atoms with van der Waals surface area (Å²) in [6.07, 6.45) is -0.752. The van der Waals surface area contributed by atoms with Crippen molar-refractivity contribution in [1.29, 1.82) is 0 Å². The highest BCUT2D eigenvalue weighted by atomic mass is 19.3. The number of carbonyl (C=O) groups is 1. The number of hydrogen-bond acceptors (Lipinski definition) is 4. The van der Waals surface area contributed by atoms with Gasteiger partial charge >= 0.3 is 0 Å². The molecule has 0 bridgehead atoms. The van der Waals surface area contributed by atoms with Crippen LogP contribution in [0.1, 0.15) is 12.1 Å². The third-order valence-corrected chi connectivity index (χ3v) is 4.26. The first-order chi connectivity index (χ1) is 11.3. The first kappa shape index (κ1) is 16.5. The number of aliphatic hydroxyl groups excluding tert-OH is 1. The largest absolute Gasteiger partial charge is 0.394 e. The molecule has 2 aromatic rings. The Labute approximate surface area is 136 Å². The number of nitrogens with zero attached hydrogens (tertiary/aromatic N) is 3. The number of aryl methyl sites for hydroxylation is 1. The Hall–Kier alpha value is -2.35. The molecule has 1 fully saturated rings. The number of likely N-dealkylation sites (tertiary alicyclic amines) is 1.